The molecule has 0 amide bonds. The SMILES string of the molecule is [H-].[H-].[H-].[Na+].[Na+].[Na+].c1cc2ccc3cccc4ccc(c1)c2c34. The molecule has 0 fully saturated rings. The van der Waals surface area contributed by atoms with Gasteiger partial charge in [0.2, 0.25) is 0 Å². The molecule has 0 unspecified atom stereocenters. The maximum atomic E-state index is 2.21. The summed E-state index contributed by atoms with van der Waals surface area (Å²) in [6, 6.07) is 21.9. The van der Waals surface area contributed by atoms with E-state index in [4.69, 9.17) is 0 Å². The summed E-state index contributed by atoms with van der Waals surface area (Å²) >= 11 is 0. The Hall–Kier alpha value is 0.920. The molecule has 0 aliphatic carbocycles. The molecule has 0 spiro atoms. The molecule has 4 rings (SSSR count). The van der Waals surface area contributed by atoms with Crippen molar-refractivity contribution in [2.45, 2.75) is 0 Å². The third-order valence-electron chi connectivity index (χ3n) is 3.39. The molecule has 0 N–H and O–H groups in total. The third kappa shape index (κ3) is 2.94. The largest absolute Gasteiger partial charge is 1.00 e. The molecular formula is C16H13Na3. The number of hydrogen-bond acceptors (Lipinski definition) is 0. The second kappa shape index (κ2) is 7.26. The van der Waals surface area contributed by atoms with Crippen molar-refractivity contribution in [3.8, 4) is 0 Å². The van der Waals surface area contributed by atoms with E-state index in [2.05, 4.69) is 60.7 Å². The van der Waals surface area contributed by atoms with E-state index in [9.17, 15) is 0 Å². The van der Waals surface area contributed by atoms with Gasteiger partial charge in [0.15, 0.2) is 0 Å². The van der Waals surface area contributed by atoms with Crippen LogP contribution in [0.15, 0.2) is 60.7 Å². The number of hydrogen-bond donors (Lipinski definition) is 0. The fourth-order valence-corrected chi connectivity index (χ4v) is 2.67. The standard InChI is InChI=1S/C16H10.3Na.3H/c1-3-11-7-9-13-5-2-6-14-10-8-12(4-1)15(11)16(13)14;;;;;;/h1-10H;;;;;;/q;3*+1;3*-1. The van der Waals surface area contributed by atoms with Crippen LogP contribution in [-0.2, 0) is 0 Å². The topological polar surface area (TPSA) is 0 Å². The van der Waals surface area contributed by atoms with E-state index in [0.29, 0.717) is 0 Å². The van der Waals surface area contributed by atoms with Crippen LogP contribution in [0, 0.1) is 0 Å². The Balaban J connectivity index is -0.000000602. The van der Waals surface area contributed by atoms with Gasteiger partial charge < -0.3 is 4.28 Å². The minimum Gasteiger partial charge on any atom is -1.00 e. The maximum absolute atomic E-state index is 2.21. The number of benzene rings is 4. The quantitative estimate of drug-likeness (QED) is 0.226. The van der Waals surface area contributed by atoms with E-state index in [0.717, 1.165) is 0 Å². The molecule has 4 aromatic rings. The Labute approximate surface area is 183 Å². The Morgan fingerprint density at radius 1 is 0.421 bits per heavy atom. The van der Waals surface area contributed by atoms with Gasteiger partial charge in [0.05, 0.1) is 0 Å². The Kier molecular flexibility index (Phi) is 6.87. The molecule has 0 aliphatic rings. The second-order valence-electron chi connectivity index (χ2n) is 4.29. The van der Waals surface area contributed by atoms with Crippen molar-refractivity contribution in [3.63, 3.8) is 0 Å². The molecule has 0 saturated heterocycles. The third-order valence-corrected chi connectivity index (χ3v) is 3.39. The van der Waals surface area contributed by atoms with E-state index in [-0.39, 0.29) is 93.0 Å². The van der Waals surface area contributed by atoms with Crippen LogP contribution in [0.5, 0.6) is 0 Å². The Bertz CT molecular complexity index is 691. The molecule has 0 saturated carbocycles. The van der Waals surface area contributed by atoms with Gasteiger partial charge in [-0.25, -0.2) is 0 Å². The van der Waals surface area contributed by atoms with Crippen molar-refractivity contribution < 1.29 is 93.0 Å². The molecule has 0 aromatic heterocycles. The molecule has 0 bridgehead atoms. The van der Waals surface area contributed by atoms with Crippen LogP contribution in [0.4, 0.5) is 0 Å². The fourth-order valence-electron chi connectivity index (χ4n) is 2.67. The van der Waals surface area contributed by atoms with Crippen LogP contribution >= 0.6 is 0 Å². The summed E-state index contributed by atoms with van der Waals surface area (Å²) in [4.78, 5) is 0. The van der Waals surface area contributed by atoms with Crippen LogP contribution in [0.3, 0.4) is 0 Å². The summed E-state index contributed by atoms with van der Waals surface area (Å²) in [5.74, 6) is 0. The van der Waals surface area contributed by atoms with Gasteiger partial charge in [-0.2, -0.15) is 0 Å². The summed E-state index contributed by atoms with van der Waals surface area (Å²) < 4.78 is 0. The van der Waals surface area contributed by atoms with Crippen LogP contribution < -0.4 is 88.7 Å². The molecule has 4 aromatic carbocycles. The minimum absolute atomic E-state index is 0. The second-order valence-corrected chi connectivity index (χ2v) is 4.29. The van der Waals surface area contributed by atoms with Crippen LogP contribution in [0.2, 0.25) is 0 Å². The number of rotatable bonds is 0. The van der Waals surface area contributed by atoms with Gasteiger partial charge in [-0.1, -0.05) is 60.7 Å². The molecule has 3 heteroatoms. The first kappa shape index (κ1) is 18.0. The van der Waals surface area contributed by atoms with E-state index >= 15 is 0 Å². The zero-order valence-electron chi connectivity index (χ0n) is 14.8. The summed E-state index contributed by atoms with van der Waals surface area (Å²) in [5, 5.41) is 8.14. The van der Waals surface area contributed by atoms with E-state index < -0.39 is 0 Å². The zero-order valence-corrected chi connectivity index (χ0v) is 17.8. The van der Waals surface area contributed by atoms with E-state index in [1.165, 1.54) is 32.3 Å². The van der Waals surface area contributed by atoms with Crippen molar-refractivity contribution in [2.24, 2.45) is 0 Å². The molecule has 80 valence electrons. The summed E-state index contributed by atoms with van der Waals surface area (Å²) in [7, 11) is 0. The predicted octanol–water partition coefficient (Wildman–Crippen LogP) is -4.07. The maximum Gasteiger partial charge on any atom is 1.00 e. The average Bonchev–Trinajstić information content (AvgIpc) is 2.36. The first-order valence-electron chi connectivity index (χ1n) is 5.56. The Morgan fingerprint density at radius 2 is 0.684 bits per heavy atom. The van der Waals surface area contributed by atoms with Gasteiger partial charge in [-0.05, 0) is 32.3 Å². The summed E-state index contributed by atoms with van der Waals surface area (Å²) in [6.07, 6.45) is 0. The monoisotopic (exact) mass is 274 g/mol. The Morgan fingerprint density at radius 3 is 0.947 bits per heavy atom. The molecule has 19 heavy (non-hydrogen) atoms. The van der Waals surface area contributed by atoms with Crippen LogP contribution in [-0.4, -0.2) is 0 Å². The van der Waals surface area contributed by atoms with E-state index in [1.807, 2.05) is 0 Å². The van der Waals surface area contributed by atoms with Gasteiger partial charge in [0, 0.05) is 0 Å². The van der Waals surface area contributed by atoms with Gasteiger partial charge in [-0.15, -0.1) is 0 Å². The van der Waals surface area contributed by atoms with Crippen LogP contribution in [0.1, 0.15) is 4.28 Å². The van der Waals surface area contributed by atoms with Gasteiger partial charge in [-0.3, -0.25) is 0 Å². The fraction of sp³-hybridized carbons (Fsp3) is 0. The zero-order chi connectivity index (χ0) is 10.5. The summed E-state index contributed by atoms with van der Waals surface area (Å²) in [6.45, 7) is 0. The first-order valence-corrected chi connectivity index (χ1v) is 5.56. The smallest absolute Gasteiger partial charge is 1.00 e. The van der Waals surface area contributed by atoms with Gasteiger partial charge in [0.25, 0.3) is 0 Å². The molecule has 0 atom stereocenters. The molecule has 0 aliphatic heterocycles. The van der Waals surface area contributed by atoms with Gasteiger partial charge in [0.1, 0.15) is 0 Å². The predicted molar refractivity (Wildman–Crippen MR) is 73.5 cm³/mol. The molecule has 0 heterocycles. The molecule has 0 radical (unpaired) electrons. The minimum atomic E-state index is 0. The van der Waals surface area contributed by atoms with Crippen molar-refractivity contribution in [1.82, 2.24) is 0 Å². The van der Waals surface area contributed by atoms with Crippen molar-refractivity contribution in [1.29, 1.82) is 0 Å². The molecular weight excluding hydrogens is 261 g/mol. The molecule has 0 nitrogen and oxygen atoms in total. The summed E-state index contributed by atoms with van der Waals surface area (Å²) in [5.41, 5.74) is 0. The van der Waals surface area contributed by atoms with Crippen LogP contribution in [0.25, 0.3) is 32.3 Å². The van der Waals surface area contributed by atoms with Crippen molar-refractivity contribution >= 4 is 32.3 Å². The average molecular weight is 274 g/mol. The normalized spacial score (nSPS) is 9.89. The van der Waals surface area contributed by atoms with Crippen molar-refractivity contribution in [3.05, 3.63) is 60.7 Å². The van der Waals surface area contributed by atoms with Crippen molar-refractivity contribution in [2.75, 3.05) is 0 Å². The van der Waals surface area contributed by atoms with Gasteiger partial charge >= 0.3 is 88.7 Å². The first-order chi connectivity index (χ1) is 7.93. The van der Waals surface area contributed by atoms with E-state index in [1.54, 1.807) is 0 Å².